The summed E-state index contributed by atoms with van der Waals surface area (Å²) in [6.45, 7) is 13.1. The Balaban J connectivity index is 0.000000771. The largest absolute Gasteiger partial charge is 0.304 e. The first-order valence-corrected chi connectivity index (χ1v) is 7.20. The predicted molar refractivity (Wildman–Crippen MR) is 76.9 cm³/mol. The molecule has 1 aliphatic heterocycles. The van der Waals surface area contributed by atoms with Gasteiger partial charge in [0.2, 0.25) is 0 Å². The van der Waals surface area contributed by atoms with Crippen molar-refractivity contribution in [1.82, 2.24) is 19.6 Å². The molecule has 0 spiro atoms. The monoisotopic (exact) mass is 252 g/mol. The minimum atomic E-state index is 1.02. The molecule has 4 nitrogen and oxygen atoms in total. The van der Waals surface area contributed by atoms with Crippen molar-refractivity contribution >= 4 is 0 Å². The normalized spacial score (nSPS) is 17.3. The van der Waals surface area contributed by atoms with Crippen LogP contribution >= 0.6 is 0 Å². The van der Waals surface area contributed by atoms with E-state index in [0.717, 1.165) is 19.5 Å². The summed E-state index contributed by atoms with van der Waals surface area (Å²) >= 11 is 0. The van der Waals surface area contributed by atoms with Crippen LogP contribution < -0.4 is 0 Å². The van der Waals surface area contributed by atoms with E-state index in [0.29, 0.717) is 0 Å². The van der Waals surface area contributed by atoms with Gasteiger partial charge in [0.15, 0.2) is 0 Å². The van der Waals surface area contributed by atoms with Crippen LogP contribution in [0.4, 0.5) is 0 Å². The van der Waals surface area contributed by atoms with Crippen molar-refractivity contribution in [3.05, 3.63) is 18.0 Å². The molecule has 0 bridgehead atoms. The van der Waals surface area contributed by atoms with Gasteiger partial charge in [-0.05, 0) is 19.0 Å². The Morgan fingerprint density at radius 3 is 2.33 bits per heavy atom. The van der Waals surface area contributed by atoms with Crippen LogP contribution in [0, 0.1) is 0 Å². The van der Waals surface area contributed by atoms with Gasteiger partial charge in [0.1, 0.15) is 0 Å². The number of rotatable bonds is 4. The van der Waals surface area contributed by atoms with Crippen molar-refractivity contribution in [2.45, 2.75) is 33.7 Å². The zero-order chi connectivity index (χ0) is 13.4. The van der Waals surface area contributed by atoms with Gasteiger partial charge in [-0.15, -0.1) is 0 Å². The topological polar surface area (TPSA) is 24.3 Å². The molecule has 2 rings (SSSR count). The molecule has 0 aromatic carbocycles. The second kappa shape index (κ2) is 8.27. The molecule has 0 N–H and O–H groups in total. The van der Waals surface area contributed by atoms with Gasteiger partial charge in [-0.3, -0.25) is 9.58 Å². The Hall–Kier alpha value is -0.870. The van der Waals surface area contributed by atoms with E-state index in [1.807, 2.05) is 20.0 Å². The molecule has 18 heavy (non-hydrogen) atoms. The molecule has 1 aliphatic rings. The Labute approximate surface area is 112 Å². The fraction of sp³-hybridized carbons (Fsp3) is 0.786. The Morgan fingerprint density at radius 2 is 1.78 bits per heavy atom. The number of piperazine rings is 1. The number of hydrogen-bond acceptors (Lipinski definition) is 3. The van der Waals surface area contributed by atoms with E-state index in [1.54, 1.807) is 0 Å². The minimum absolute atomic E-state index is 1.02. The van der Waals surface area contributed by atoms with E-state index in [1.165, 1.54) is 31.7 Å². The Bertz CT molecular complexity index is 313. The molecule has 2 heterocycles. The molecule has 104 valence electrons. The SMILES string of the molecule is CC.CCc1cnn(CCN2CCN(C)CC2)c1. The molecule has 4 heteroatoms. The van der Waals surface area contributed by atoms with E-state index >= 15 is 0 Å². The molecule has 1 saturated heterocycles. The van der Waals surface area contributed by atoms with Crippen LogP contribution in [-0.4, -0.2) is 59.4 Å². The number of likely N-dealkylation sites (N-methyl/N-ethyl adjacent to an activating group) is 1. The van der Waals surface area contributed by atoms with Crippen LogP contribution in [0.1, 0.15) is 26.3 Å². The molecular formula is C14H28N4. The lowest BCUT2D eigenvalue weighted by Crippen LogP contribution is -2.45. The van der Waals surface area contributed by atoms with Crippen molar-refractivity contribution in [1.29, 1.82) is 0 Å². The summed E-state index contributed by atoms with van der Waals surface area (Å²) < 4.78 is 2.07. The maximum atomic E-state index is 4.37. The molecule has 1 aromatic heterocycles. The smallest absolute Gasteiger partial charge is 0.0536 e. The molecule has 1 aromatic rings. The van der Waals surface area contributed by atoms with E-state index in [2.05, 4.69) is 39.7 Å². The molecule has 0 aliphatic carbocycles. The Kier molecular flexibility index (Phi) is 6.98. The average Bonchev–Trinajstić information content (AvgIpc) is 2.88. The number of nitrogens with zero attached hydrogens (tertiary/aromatic N) is 4. The molecule has 0 amide bonds. The highest BCUT2D eigenvalue weighted by Gasteiger charge is 2.13. The van der Waals surface area contributed by atoms with E-state index in [-0.39, 0.29) is 0 Å². The van der Waals surface area contributed by atoms with Gasteiger partial charge in [-0.25, -0.2) is 0 Å². The summed E-state index contributed by atoms with van der Waals surface area (Å²) in [5.41, 5.74) is 1.33. The maximum Gasteiger partial charge on any atom is 0.0536 e. The maximum absolute atomic E-state index is 4.37. The average molecular weight is 252 g/mol. The van der Waals surface area contributed by atoms with Crippen LogP contribution in [-0.2, 0) is 13.0 Å². The highest BCUT2D eigenvalue weighted by atomic mass is 15.3. The lowest BCUT2D eigenvalue weighted by molar-refractivity contribution is 0.149. The third-order valence-electron chi connectivity index (χ3n) is 3.34. The van der Waals surface area contributed by atoms with Gasteiger partial charge in [-0.2, -0.15) is 5.10 Å². The predicted octanol–water partition coefficient (Wildman–Crippen LogP) is 1.72. The summed E-state index contributed by atoms with van der Waals surface area (Å²) in [5, 5.41) is 4.37. The number of aromatic nitrogens is 2. The quantitative estimate of drug-likeness (QED) is 0.815. The minimum Gasteiger partial charge on any atom is -0.304 e. The summed E-state index contributed by atoms with van der Waals surface area (Å²) in [7, 11) is 2.19. The first kappa shape index (κ1) is 15.2. The highest BCUT2D eigenvalue weighted by Crippen LogP contribution is 2.01. The van der Waals surface area contributed by atoms with Gasteiger partial charge < -0.3 is 4.90 Å². The summed E-state index contributed by atoms with van der Waals surface area (Å²) in [5.74, 6) is 0. The fourth-order valence-corrected chi connectivity index (χ4v) is 2.03. The standard InChI is InChI=1S/C12H22N4.C2H6/c1-3-12-10-13-16(11-12)9-8-15-6-4-14(2)5-7-15;1-2/h10-11H,3-9H2,1-2H3;1-2H3. The van der Waals surface area contributed by atoms with E-state index < -0.39 is 0 Å². The van der Waals surface area contributed by atoms with Crippen molar-refractivity contribution < 1.29 is 0 Å². The zero-order valence-corrected chi connectivity index (χ0v) is 12.4. The van der Waals surface area contributed by atoms with Gasteiger partial charge in [0.05, 0.1) is 12.7 Å². The Morgan fingerprint density at radius 1 is 1.11 bits per heavy atom. The fourth-order valence-electron chi connectivity index (χ4n) is 2.03. The zero-order valence-electron chi connectivity index (χ0n) is 12.4. The lowest BCUT2D eigenvalue weighted by atomic mass is 10.3. The molecule has 0 saturated carbocycles. The third-order valence-corrected chi connectivity index (χ3v) is 3.34. The number of aryl methyl sites for hydroxylation is 1. The van der Waals surface area contributed by atoms with Crippen molar-refractivity contribution in [3.63, 3.8) is 0 Å². The third kappa shape index (κ3) is 4.78. The van der Waals surface area contributed by atoms with Crippen LogP contribution in [0.25, 0.3) is 0 Å². The lowest BCUT2D eigenvalue weighted by Gasteiger charge is -2.32. The first-order chi connectivity index (χ1) is 8.78. The summed E-state index contributed by atoms with van der Waals surface area (Å²) in [6, 6.07) is 0. The van der Waals surface area contributed by atoms with Crippen molar-refractivity contribution in [2.75, 3.05) is 39.8 Å². The molecule has 0 atom stereocenters. The summed E-state index contributed by atoms with van der Waals surface area (Å²) in [6.07, 6.45) is 5.22. The molecule has 0 unspecified atom stereocenters. The molecular weight excluding hydrogens is 224 g/mol. The van der Waals surface area contributed by atoms with E-state index in [4.69, 9.17) is 0 Å². The van der Waals surface area contributed by atoms with Crippen LogP contribution in [0.2, 0.25) is 0 Å². The highest BCUT2D eigenvalue weighted by molar-refractivity contribution is 5.02. The first-order valence-electron chi connectivity index (χ1n) is 7.20. The summed E-state index contributed by atoms with van der Waals surface area (Å²) in [4.78, 5) is 4.91. The molecule has 1 fully saturated rings. The van der Waals surface area contributed by atoms with Crippen LogP contribution in [0.15, 0.2) is 12.4 Å². The van der Waals surface area contributed by atoms with E-state index in [9.17, 15) is 0 Å². The van der Waals surface area contributed by atoms with Gasteiger partial charge in [0.25, 0.3) is 0 Å². The van der Waals surface area contributed by atoms with Crippen LogP contribution in [0.3, 0.4) is 0 Å². The van der Waals surface area contributed by atoms with Gasteiger partial charge in [0, 0.05) is 38.9 Å². The van der Waals surface area contributed by atoms with Crippen molar-refractivity contribution in [2.24, 2.45) is 0 Å². The van der Waals surface area contributed by atoms with Crippen molar-refractivity contribution in [3.8, 4) is 0 Å². The second-order valence-corrected chi connectivity index (χ2v) is 4.61. The van der Waals surface area contributed by atoms with Gasteiger partial charge >= 0.3 is 0 Å². The molecule has 0 radical (unpaired) electrons. The van der Waals surface area contributed by atoms with Gasteiger partial charge in [-0.1, -0.05) is 20.8 Å². The second-order valence-electron chi connectivity index (χ2n) is 4.61. The van der Waals surface area contributed by atoms with Crippen LogP contribution in [0.5, 0.6) is 0 Å². The number of hydrogen-bond donors (Lipinski definition) is 0.